The summed E-state index contributed by atoms with van der Waals surface area (Å²) in [5.41, 5.74) is 6.96. The maximum absolute atomic E-state index is 12.8. The molecule has 10 heteroatoms. The van der Waals surface area contributed by atoms with E-state index in [1.165, 1.54) is 41.3 Å². The maximum Gasteiger partial charge on any atom is 0.343 e. The molecular weight excluding hydrogens is 490 g/mol. The quantitative estimate of drug-likeness (QED) is 0.108. The highest BCUT2D eigenvalue weighted by molar-refractivity contribution is 6.01. The molecule has 0 radical (unpaired) electrons. The van der Waals surface area contributed by atoms with Crippen LogP contribution in [0.25, 0.3) is 6.08 Å². The number of nitrogens with zero attached hydrogens (tertiary/aromatic N) is 1. The van der Waals surface area contributed by atoms with E-state index in [4.69, 9.17) is 25.4 Å². The molecule has 1 amide bonds. The number of rotatable bonds is 12. The molecular formula is C28H31N3O7. The van der Waals surface area contributed by atoms with Gasteiger partial charge in [-0.05, 0) is 62.7 Å². The summed E-state index contributed by atoms with van der Waals surface area (Å²) in [6.07, 6.45) is 3.14. The Hall–Kier alpha value is -4.73. The van der Waals surface area contributed by atoms with Crippen molar-refractivity contribution in [2.24, 2.45) is 5.73 Å². The first-order chi connectivity index (χ1) is 18.1. The van der Waals surface area contributed by atoms with Crippen molar-refractivity contribution in [1.82, 2.24) is 4.90 Å². The fraction of sp³-hybridized carbons (Fsp3) is 0.250. The minimum absolute atomic E-state index is 0.0338. The van der Waals surface area contributed by atoms with Crippen LogP contribution in [0.4, 0.5) is 0 Å². The van der Waals surface area contributed by atoms with Crippen LogP contribution in [-0.4, -0.2) is 60.9 Å². The first-order valence-electron chi connectivity index (χ1n) is 11.8. The topological polar surface area (TPSA) is 149 Å². The van der Waals surface area contributed by atoms with E-state index in [0.29, 0.717) is 11.1 Å². The van der Waals surface area contributed by atoms with Gasteiger partial charge in [0.05, 0.1) is 18.8 Å². The van der Waals surface area contributed by atoms with E-state index in [0.717, 1.165) is 0 Å². The molecule has 2 aromatic rings. The van der Waals surface area contributed by atoms with Gasteiger partial charge in [-0.3, -0.25) is 15.0 Å². The van der Waals surface area contributed by atoms with Crippen molar-refractivity contribution < 1.29 is 33.4 Å². The number of carbonyl (C=O) groups excluding carboxylic acids is 4. The molecule has 0 bridgehead atoms. The van der Waals surface area contributed by atoms with Gasteiger partial charge in [-0.1, -0.05) is 18.2 Å². The van der Waals surface area contributed by atoms with Gasteiger partial charge >= 0.3 is 17.9 Å². The van der Waals surface area contributed by atoms with Crippen LogP contribution in [0.15, 0.2) is 60.7 Å². The highest BCUT2D eigenvalue weighted by Gasteiger charge is 2.20. The summed E-state index contributed by atoms with van der Waals surface area (Å²) >= 11 is 0. The summed E-state index contributed by atoms with van der Waals surface area (Å²) in [5, 5.41) is 7.57. The Kier molecular flexibility index (Phi) is 11.0. The molecule has 0 saturated carbocycles. The number of amides is 1. The van der Waals surface area contributed by atoms with Gasteiger partial charge in [0.2, 0.25) is 5.91 Å². The zero-order chi connectivity index (χ0) is 28.2. The van der Waals surface area contributed by atoms with Gasteiger partial charge < -0.3 is 24.8 Å². The zero-order valence-corrected chi connectivity index (χ0v) is 21.6. The second-order valence-corrected chi connectivity index (χ2v) is 7.96. The number of ether oxygens (including phenoxy) is 3. The first kappa shape index (κ1) is 29.5. The van der Waals surface area contributed by atoms with E-state index in [9.17, 15) is 19.2 Å². The Morgan fingerprint density at radius 2 is 1.61 bits per heavy atom. The molecule has 0 fully saturated rings. The Bertz CT molecular complexity index is 1250. The van der Waals surface area contributed by atoms with Gasteiger partial charge in [0.15, 0.2) is 0 Å². The molecule has 3 N–H and O–H groups in total. The van der Waals surface area contributed by atoms with Crippen LogP contribution in [0.5, 0.6) is 5.75 Å². The van der Waals surface area contributed by atoms with Gasteiger partial charge in [0, 0.05) is 17.7 Å². The van der Waals surface area contributed by atoms with E-state index in [1.54, 1.807) is 39.0 Å². The third kappa shape index (κ3) is 8.16. The number of benzene rings is 2. The summed E-state index contributed by atoms with van der Waals surface area (Å²) < 4.78 is 15.4. The van der Waals surface area contributed by atoms with Crippen LogP contribution >= 0.6 is 0 Å². The Labute approximate surface area is 221 Å². The molecule has 0 aliphatic rings. The number of carbonyl (C=O) groups is 4. The molecule has 0 aliphatic heterocycles. The normalized spacial score (nSPS) is 10.8. The predicted molar refractivity (Wildman–Crippen MR) is 142 cm³/mol. The Morgan fingerprint density at radius 3 is 2.18 bits per heavy atom. The number of esters is 3. The summed E-state index contributed by atoms with van der Waals surface area (Å²) in [4.78, 5) is 51.1. The van der Waals surface area contributed by atoms with Crippen LogP contribution in [0.3, 0.4) is 0 Å². The van der Waals surface area contributed by atoms with E-state index >= 15 is 0 Å². The van der Waals surface area contributed by atoms with Gasteiger partial charge in [-0.15, -0.1) is 6.58 Å². The largest absolute Gasteiger partial charge is 0.465 e. The Balaban J connectivity index is 2.20. The van der Waals surface area contributed by atoms with Crippen LogP contribution in [-0.2, 0) is 19.1 Å². The summed E-state index contributed by atoms with van der Waals surface area (Å²) in [5.74, 6) is -2.59. The number of nitrogens with two attached hydrogens (primary N) is 1. The van der Waals surface area contributed by atoms with Crippen molar-refractivity contribution in [3.63, 3.8) is 0 Å². The number of hydrogen-bond donors (Lipinski definition) is 2. The van der Waals surface area contributed by atoms with Crippen molar-refractivity contribution >= 4 is 35.7 Å². The third-order valence-electron chi connectivity index (χ3n) is 5.12. The van der Waals surface area contributed by atoms with E-state index in [-0.39, 0.29) is 60.5 Å². The van der Waals surface area contributed by atoms with Crippen molar-refractivity contribution in [2.75, 3.05) is 26.3 Å². The minimum Gasteiger partial charge on any atom is -0.465 e. The molecule has 2 aromatic carbocycles. The average Bonchev–Trinajstić information content (AvgIpc) is 2.88. The molecule has 0 atom stereocenters. The van der Waals surface area contributed by atoms with Gasteiger partial charge in [0.1, 0.15) is 23.7 Å². The number of nitrogen functional groups attached to an aromatic ring is 1. The number of nitrogens with one attached hydrogen (secondary N) is 1. The van der Waals surface area contributed by atoms with Crippen LogP contribution in [0, 0.1) is 5.41 Å². The van der Waals surface area contributed by atoms with Gasteiger partial charge in [-0.2, -0.15) is 0 Å². The molecule has 200 valence electrons. The summed E-state index contributed by atoms with van der Waals surface area (Å²) in [6.45, 7) is 8.87. The highest BCUT2D eigenvalue weighted by atomic mass is 16.5. The molecule has 2 rings (SSSR count). The van der Waals surface area contributed by atoms with E-state index in [2.05, 4.69) is 6.58 Å². The lowest BCUT2D eigenvalue weighted by Gasteiger charge is -2.20. The zero-order valence-electron chi connectivity index (χ0n) is 21.6. The van der Waals surface area contributed by atoms with Crippen LogP contribution in [0.1, 0.15) is 52.6 Å². The molecule has 0 aliphatic carbocycles. The van der Waals surface area contributed by atoms with Crippen LogP contribution < -0.4 is 10.5 Å². The second kappa shape index (κ2) is 14.1. The predicted octanol–water partition coefficient (Wildman–Crippen LogP) is 3.35. The lowest BCUT2D eigenvalue weighted by molar-refractivity contribution is -0.147. The second-order valence-electron chi connectivity index (χ2n) is 7.96. The fourth-order valence-corrected chi connectivity index (χ4v) is 3.33. The van der Waals surface area contributed by atoms with Crippen molar-refractivity contribution in [3.05, 3.63) is 82.9 Å². The molecule has 10 nitrogen and oxygen atoms in total. The van der Waals surface area contributed by atoms with Crippen LogP contribution in [0.2, 0.25) is 0 Å². The van der Waals surface area contributed by atoms with Crippen molar-refractivity contribution in [2.45, 2.75) is 20.8 Å². The van der Waals surface area contributed by atoms with Crippen molar-refractivity contribution in [3.8, 4) is 5.75 Å². The monoisotopic (exact) mass is 521 g/mol. The molecule has 0 unspecified atom stereocenters. The molecule has 38 heavy (non-hydrogen) atoms. The standard InChI is InChI=1S/C28H31N3O7/c1-5-14-31(17-24(32)36-6-2)26(33)18(4)15-19-8-10-20(11-9-19)27(34)38-23-13-12-21(25(29)30)16-22(23)28(35)37-7-3/h5,8-13,15-16H,1,6-7,14,17H2,2-4H3,(H3,29,30)/b18-15+. The van der Waals surface area contributed by atoms with E-state index in [1.807, 2.05) is 0 Å². The fourth-order valence-electron chi connectivity index (χ4n) is 3.33. The van der Waals surface area contributed by atoms with Gasteiger partial charge in [0.25, 0.3) is 0 Å². The molecule has 0 aromatic heterocycles. The van der Waals surface area contributed by atoms with Gasteiger partial charge in [-0.25, -0.2) is 9.59 Å². The number of hydrogen-bond acceptors (Lipinski definition) is 8. The maximum atomic E-state index is 12.8. The first-order valence-corrected chi connectivity index (χ1v) is 11.8. The smallest absolute Gasteiger partial charge is 0.343 e. The third-order valence-corrected chi connectivity index (χ3v) is 5.12. The average molecular weight is 522 g/mol. The molecule has 0 saturated heterocycles. The van der Waals surface area contributed by atoms with Crippen molar-refractivity contribution in [1.29, 1.82) is 5.41 Å². The molecule has 0 heterocycles. The lowest BCUT2D eigenvalue weighted by atomic mass is 10.1. The number of amidine groups is 1. The lowest BCUT2D eigenvalue weighted by Crippen LogP contribution is -2.37. The highest BCUT2D eigenvalue weighted by Crippen LogP contribution is 2.23. The van der Waals surface area contributed by atoms with E-state index < -0.39 is 17.9 Å². The summed E-state index contributed by atoms with van der Waals surface area (Å²) in [7, 11) is 0. The Morgan fingerprint density at radius 1 is 0.974 bits per heavy atom. The molecule has 0 spiro atoms. The minimum atomic E-state index is -0.721. The summed E-state index contributed by atoms with van der Waals surface area (Å²) in [6, 6.07) is 10.4. The SMILES string of the molecule is C=CCN(CC(=O)OCC)C(=O)/C(C)=C/c1ccc(C(=O)Oc2ccc(C(=N)N)cc2C(=O)OCC)cc1.